The van der Waals surface area contributed by atoms with E-state index in [0.29, 0.717) is 13.0 Å². The van der Waals surface area contributed by atoms with Crippen molar-refractivity contribution in [2.45, 2.75) is 47.1 Å². The fourth-order valence-electron chi connectivity index (χ4n) is 1.85. The van der Waals surface area contributed by atoms with Crippen LogP contribution in [0.2, 0.25) is 0 Å². The third kappa shape index (κ3) is 2.94. The maximum Gasteiger partial charge on any atom is 0.145 e. The first-order chi connectivity index (χ1) is 7.96. The Morgan fingerprint density at radius 1 is 1.53 bits per heavy atom. The number of aryl methyl sites for hydroxylation is 2. The Balaban J connectivity index is 2.87. The maximum absolute atomic E-state index is 12.3. The lowest BCUT2D eigenvalue weighted by Crippen LogP contribution is -2.36. The fraction of sp³-hybridized carbons (Fsp3) is 0.692. The average molecular weight is 237 g/mol. The highest BCUT2D eigenvalue weighted by molar-refractivity contribution is 5.86. The van der Waals surface area contributed by atoms with Crippen molar-refractivity contribution < 1.29 is 4.79 Å². The van der Waals surface area contributed by atoms with Crippen LogP contribution >= 0.6 is 0 Å². The molecule has 1 unspecified atom stereocenters. The summed E-state index contributed by atoms with van der Waals surface area (Å²) in [7, 11) is 0. The van der Waals surface area contributed by atoms with Gasteiger partial charge in [-0.1, -0.05) is 13.8 Å². The number of hydrogen-bond donors (Lipinski definition) is 1. The van der Waals surface area contributed by atoms with Crippen LogP contribution in [-0.2, 0) is 17.8 Å². The molecule has 0 amide bonds. The third-order valence-electron chi connectivity index (χ3n) is 3.53. The van der Waals surface area contributed by atoms with Gasteiger partial charge < -0.3 is 5.73 Å². The van der Waals surface area contributed by atoms with Crippen molar-refractivity contribution in [2.24, 2.45) is 11.1 Å². The minimum absolute atomic E-state index is 0.206. The van der Waals surface area contributed by atoms with Gasteiger partial charge in [-0.2, -0.15) is 5.10 Å². The molecule has 1 aromatic heterocycles. The second-order valence-electron chi connectivity index (χ2n) is 4.81. The predicted molar refractivity (Wildman–Crippen MR) is 68.8 cm³/mol. The SMILES string of the molecule is CCn1nc(C)cc1CC(=O)C(C)(CC)CN. The van der Waals surface area contributed by atoms with Gasteiger partial charge in [-0.3, -0.25) is 9.48 Å². The zero-order chi connectivity index (χ0) is 13.1. The number of rotatable bonds is 6. The summed E-state index contributed by atoms with van der Waals surface area (Å²) in [4.78, 5) is 12.3. The zero-order valence-corrected chi connectivity index (χ0v) is 11.3. The number of nitrogens with zero attached hydrogens (tertiary/aromatic N) is 2. The molecule has 0 fully saturated rings. The number of aromatic nitrogens is 2. The highest BCUT2D eigenvalue weighted by atomic mass is 16.1. The van der Waals surface area contributed by atoms with Gasteiger partial charge in [0.15, 0.2) is 0 Å². The predicted octanol–water partition coefficient (Wildman–Crippen LogP) is 1.70. The van der Waals surface area contributed by atoms with Crippen LogP contribution < -0.4 is 5.73 Å². The second-order valence-corrected chi connectivity index (χ2v) is 4.81. The van der Waals surface area contributed by atoms with Gasteiger partial charge in [-0.25, -0.2) is 0 Å². The van der Waals surface area contributed by atoms with Gasteiger partial charge in [-0.15, -0.1) is 0 Å². The van der Waals surface area contributed by atoms with Gasteiger partial charge in [0.2, 0.25) is 0 Å². The van der Waals surface area contributed by atoms with E-state index in [-0.39, 0.29) is 5.78 Å². The van der Waals surface area contributed by atoms with Crippen LogP contribution in [0, 0.1) is 12.3 Å². The third-order valence-corrected chi connectivity index (χ3v) is 3.53. The first-order valence-corrected chi connectivity index (χ1v) is 6.23. The zero-order valence-electron chi connectivity index (χ0n) is 11.3. The molecule has 0 aliphatic heterocycles. The van der Waals surface area contributed by atoms with Crippen molar-refractivity contribution >= 4 is 5.78 Å². The Hall–Kier alpha value is -1.16. The quantitative estimate of drug-likeness (QED) is 0.819. The van der Waals surface area contributed by atoms with Crippen LogP contribution in [0.5, 0.6) is 0 Å². The van der Waals surface area contributed by atoms with Crippen LogP contribution in [0.4, 0.5) is 0 Å². The molecule has 0 aliphatic carbocycles. The van der Waals surface area contributed by atoms with Crippen molar-refractivity contribution in [1.82, 2.24) is 9.78 Å². The van der Waals surface area contributed by atoms with Gasteiger partial charge in [0.1, 0.15) is 5.78 Å². The van der Waals surface area contributed by atoms with E-state index >= 15 is 0 Å². The number of nitrogens with two attached hydrogens (primary N) is 1. The number of hydrogen-bond acceptors (Lipinski definition) is 3. The standard InChI is InChI=1S/C13H23N3O/c1-5-13(4,9-14)12(17)8-11-7-10(3)15-16(11)6-2/h7H,5-6,8-9,14H2,1-4H3. The molecule has 0 saturated carbocycles. The molecular formula is C13H23N3O. The molecule has 0 aliphatic rings. The smallest absolute Gasteiger partial charge is 0.145 e. The second kappa shape index (κ2) is 5.45. The minimum atomic E-state index is -0.406. The largest absolute Gasteiger partial charge is 0.329 e. The lowest BCUT2D eigenvalue weighted by molar-refractivity contribution is -0.127. The van der Waals surface area contributed by atoms with Gasteiger partial charge in [0.05, 0.1) is 5.69 Å². The number of Topliss-reactive ketones (excluding diaryl/α,β-unsaturated/α-hetero) is 1. The van der Waals surface area contributed by atoms with Gasteiger partial charge >= 0.3 is 0 Å². The van der Waals surface area contributed by atoms with Crippen LogP contribution in [0.15, 0.2) is 6.07 Å². The highest BCUT2D eigenvalue weighted by Gasteiger charge is 2.29. The van der Waals surface area contributed by atoms with Crippen molar-refractivity contribution in [2.75, 3.05) is 6.54 Å². The molecule has 4 heteroatoms. The Morgan fingerprint density at radius 3 is 2.65 bits per heavy atom. The summed E-state index contributed by atoms with van der Waals surface area (Å²) in [6.07, 6.45) is 1.21. The Labute approximate surface area is 103 Å². The van der Waals surface area contributed by atoms with Crippen molar-refractivity contribution in [1.29, 1.82) is 0 Å². The van der Waals surface area contributed by atoms with Crippen LogP contribution in [0.3, 0.4) is 0 Å². The molecule has 0 aromatic carbocycles. The van der Waals surface area contributed by atoms with E-state index in [4.69, 9.17) is 5.73 Å². The normalized spacial score (nSPS) is 14.6. The number of carbonyl (C=O) groups is 1. The van der Waals surface area contributed by atoms with Crippen molar-refractivity contribution in [3.63, 3.8) is 0 Å². The van der Waals surface area contributed by atoms with Gasteiger partial charge in [-0.05, 0) is 26.3 Å². The maximum atomic E-state index is 12.3. The summed E-state index contributed by atoms with van der Waals surface area (Å²) in [6, 6.07) is 1.98. The average Bonchev–Trinajstić information content (AvgIpc) is 2.68. The number of ketones is 1. The Kier molecular flexibility index (Phi) is 4.46. The van der Waals surface area contributed by atoms with E-state index in [2.05, 4.69) is 5.10 Å². The molecule has 0 bridgehead atoms. The van der Waals surface area contributed by atoms with Crippen molar-refractivity contribution in [3.05, 3.63) is 17.5 Å². The molecule has 96 valence electrons. The van der Waals surface area contributed by atoms with Crippen LogP contribution in [0.1, 0.15) is 38.6 Å². The molecular weight excluding hydrogens is 214 g/mol. The van der Waals surface area contributed by atoms with E-state index in [0.717, 1.165) is 24.4 Å². The van der Waals surface area contributed by atoms with E-state index in [1.807, 2.05) is 38.4 Å². The summed E-state index contributed by atoms with van der Waals surface area (Å²) in [5, 5.41) is 4.35. The molecule has 2 N–H and O–H groups in total. The first-order valence-electron chi connectivity index (χ1n) is 6.23. The van der Waals surface area contributed by atoms with E-state index in [9.17, 15) is 4.79 Å². The van der Waals surface area contributed by atoms with Gasteiger partial charge in [0.25, 0.3) is 0 Å². The van der Waals surface area contributed by atoms with Crippen LogP contribution in [0.25, 0.3) is 0 Å². The molecule has 1 rings (SSSR count). The van der Waals surface area contributed by atoms with Gasteiger partial charge in [0, 0.05) is 30.6 Å². The van der Waals surface area contributed by atoms with Crippen LogP contribution in [-0.4, -0.2) is 22.1 Å². The fourth-order valence-corrected chi connectivity index (χ4v) is 1.85. The lowest BCUT2D eigenvalue weighted by atomic mass is 9.81. The minimum Gasteiger partial charge on any atom is -0.329 e. The molecule has 4 nitrogen and oxygen atoms in total. The van der Waals surface area contributed by atoms with E-state index in [1.54, 1.807) is 0 Å². The molecule has 1 aromatic rings. The molecule has 17 heavy (non-hydrogen) atoms. The summed E-state index contributed by atoms with van der Waals surface area (Å²) in [5.74, 6) is 0.206. The molecule has 1 atom stereocenters. The Bertz CT molecular complexity index is 391. The molecule has 1 heterocycles. The van der Waals surface area contributed by atoms with E-state index < -0.39 is 5.41 Å². The van der Waals surface area contributed by atoms with E-state index in [1.165, 1.54) is 0 Å². The Morgan fingerprint density at radius 2 is 2.18 bits per heavy atom. The summed E-state index contributed by atoms with van der Waals surface area (Å²) in [6.45, 7) is 9.12. The summed E-state index contributed by atoms with van der Waals surface area (Å²) < 4.78 is 1.89. The number of carbonyl (C=O) groups excluding carboxylic acids is 1. The summed E-state index contributed by atoms with van der Waals surface area (Å²) >= 11 is 0. The molecule has 0 saturated heterocycles. The summed E-state index contributed by atoms with van der Waals surface area (Å²) in [5.41, 5.74) is 7.25. The first kappa shape index (κ1) is 13.9. The lowest BCUT2D eigenvalue weighted by Gasteiger charge is -2.24. The monoisotopic (exact) mass is 237 g/mol. The van der Waals surface area contributed by atoms with Crippen molar-refractivity contribution in [3.8, 4) is 0 Å². The molecule has 0 radical (unpaired) electrons. The molecule has 0 spiro atoms. The highest BCUT2D eigenvalue weighted by Crippen LogP contribution is 2.23. The topological polar surface area (TPSA) is 60.9 Å².